The van der Waals surface area contributed by atoms with Crippen LogP contribution in [-0.2, 0) is 52.8 Å². The zero-order valence-corrected chi connectivity index (χ0v) is 74.3. The summed E-state index contributed by atoms with van der Waals surface area (Å²) in [5.41, 5.74) is 11.8. The van der Waals surface area contributed by atoms with E-state index in [1.54, 1.807) is 52.7 Å². The molecular weight excluding hydrogens is 1480 g/mol. The van der Waals surface area contributed by atoms with E-state index in [1.807, 2.05) is 60.7 Å². The quantitative estimate of drug-likeness (QED) is 0.0321. The molecule has 0 saturated carbocycles. The Hall–Kier alpha value is -6.83. The molecule has 0 unspecified atom stereocenters. The van der Waals surface area contributed by atoms with E-state index < -0.39 is 39.9 Å². The summed E-state index contributed by atoms with van der Waals surface area (Å²) in [5.74, 6) is 0.652. The van der Waals surface area contributed by atoms with Crippen LogP contribution in [0, 0.1) is 44.9 Å². The first-order valence-corrected chi connectivity index (χ1v) is 43.8. The average molecular weight is 1600 g/mol. The van der Waals surface area contributed by atoms with Crippen LogP contribution in [-0.4, -0.2) is 93.4 Å². The summed E-state index contributed by atoms with van der Waals surface area (Å²) in [7, 11) is 9.01. The van der Waals surface area contributed by atoms with Gasteiger partial charge >= 0.3 is 0 Å². The van der Waals surface area contributed by atoms with E-state index in [2.05, 4.69) is 183 Å². The van der Waals surface area contributed by atoms with Crippen molar-refractivity contribution in [2.24, 2.45) is 21.7 Å². The highest BCUT2D eigenvalue weighted by atomic mass is 35.5. The van der Waals surface area contributed by atoms with Gasteiger partial charge in [-0.15, -0.1) is 23.2 Å². The summed E-state index contributed by atoms with van der Waals surface area (Å²) in [6, 6.07) is 30.1. The maximum Gasteiger partial charge on any atom is 0.213 e. The fourth-order valence-corrected chi connectivity index (χ4v) is 14.6. The van der Waals surface area contributed by atoms with E-state index >= 15 is 0 Å². The predicted molar refractivity (Wildman–Crippen MR) is 445 cm³/mol. The number of ether oxygens (including phenoxy) is 8. The van der Waals surface area contributed by atoms with Gasteiger partial charge in [0.05, 0.1) is 90.9 Å². The highest BCUT2D eigenvalue weighted by molar-refractivity contribution is 6.74. The first-order chi connectivity index (χ1) is 51.0. The molecule has 4 aromatic heterocycles. The Bertz CT molecular complexity index is 4040. The minimum atomic E-state index is -1.89. The summed E-state index contributed by atoms with van der Waals surface area (Å²) < 4.78 is 115. The lowest BCUT2D eigenvalue weighted by Gasteiger charge is -2.36. The van der Waals surface area contributed by atoms with Gasteiger partial charge in [-0.05, 0) is 125 Å². The lowest BCUT2D eigenvalue weighted by Crippen LogP contribution is -2.40. The van der Waals surface area contributed by atoms with Crippen molar-refractivity contribution < 1.29 is 64.3 Å². The number of aromatic nitrogens is 4. The molecule has 8 aromatic rings. The Kier molecular flexibility index (Phi) is 33.5. The van der Waals surface area contributed by atoms with E-state index in [0.717, 1.165) is 66.8 Å². The Morgan fingerprint density at radius 1 is 0.309 bits per heavy atom. The van der Waals surface area contributed by atoms with Crippen LogP contribution in [0.5, 0.6) is 23.5 Å². The normalized spacial score (nSPS) is 13.5. The summed E-state index contributed by atoms with van der Waals surface area (Å²) in [6.07, 6.45) is 3.86. The van der Waals surface area contributed by atoms with Crippen LogP contribution in [0.15, 0.2) is 122 Å². The second kappa shape index (κ2) is 39.3. The number of hydrogen-bond acceptors (Lipinski definition) is 14. The van der Waals surface area contributed by atoms with Crippen molar-refractivity contribution in [2.75, 3.05) is 56.9 Å². The topological polar surface area (TPSA) is 144 Å². The summed E-state index contributed by atoms with van der Waals surface area (Å²) in [4.78, 5) is 15.8. The van der Waals surface area contributed by atoms with Gasteiger partial charge in [-0.1, -0.05) is 197 Å². The first-order valence-electron chi connectivity index (χ1n) is 36.9. The molecule has 4 heterocycles. The molecule has 8 rings (SSSR count). The Morgan fingerprint density at radius 3 is 0.682 bits per heavy atom. The van der Waals surface area contributed by atoms with Crippen molar-refractivity contribution in [2.45, 2.75) is 210 Å². The van der Waals surface area contributed by atoms with Crippen LogP contribution in [0.1, 0.15) is 194 Å². The van der Waals surface area contributed by atoms with Gasteiger partial charge in [0, 0.05) is 86.7 Å². The zero-order chi connectivity index (χ0) is 83.0. The molecule has 0 fully saturated rings. The molecule has 0 N–H and O–H groups in total. The summed E-state index contributed by atoms with van der Waals surface area (Å²) in [6.45, 7) is 48.6. The SMILES string of the molecule is COc1cc(-c2ccc(CCl)cc2[C@@H](OC)C(C)(C)C)c(F)cn1.COc1cc(-c2ccc(CCl)cc2[C@H](OC)C(C)(C)C)c(F)cn1.COc1cc(-c2ccc(CO[Si](C)(C)C(C)(C)C)cc2[C@@H](OC)C(C)(C)C)c(F)cn1.COc1cc(-c2ccc(CO[Si](C)(C)C(C)(C)C)cc2[C@H](OC)C(C)(C)C)c(F)cn1. The lowest BCUT2D eigenvalue weighted by atomic mass is 9.81. The van der Waals surface area contributed by atoms with E-state index in [4.69, 9.17) is 69.9 Å². The minimum Gasteiger partial charge on any atom is -0.481 e. The molecule has 4 aromatic carbocycles. The van der Waals surface area contributed by atoms with Crippen LogP contribution in [0.3, 0.4) is 0 Å². The molecule has 0 aliphatic heterocycles. The van der Waals surface area contributed by atoms with E-state index in [9.17, 15) is 17.6 Å². The highest BCUT2D eigenvalue weighted by Crippen LogP contribution is 2.48. The molecule has 0 saturated heterocycles. The second-order valence-electron chi connectivity index (χ2n) is 34.8. The lowest BCUT2D eigenvalue weighted by molar-refractivity contribution is 0.0155. The Labute approximate surface area is 666 Å². The zero-order valence-electron chi connectivity index (χ0n) is 70.8. The van der Waals surface area contributed by atoms with Crippen molar-refractivity contribution in [3.63, 3.8) is 0 Å². The van der Waals surface area contributed by atoms with Gasteiger partial charge in [0.1, 0.15) is 23.3 Å². The molecule has 0 spiro atoms. The molecule has 4 atom stereocenters. The summed E-state index contributed by atoms with van der Waals surface area (Å²) >= 11 is 12.0. The van der Waals surface area contributed by atoms with Crippen molar-refractivity contribution in [1.82, 2.24) is 19.9 Å². The number of pyridine rings is 4. The van der Waals surface area contributed by atoms with Crippen LogP contribution in [0.25, 0.3) is 44.5 Å². The highest BCUT2D eigenvalue weighted by Gasteiger charge is 2.40. The summed E-state index contributed by atoms with van der Waals surface area (Å²) in [5, 5.41) is 0.264. The Balaban J connectivity index is 0.000000264. The number of halogens is 6. The average Bonchev–Trinajstić information content (AvgIpc) is 0.796. The third kappa shape index (κ3) is 24.6. The number of benzene rings is 4. The van der Waals surface area contributed by atoms with E-state index in [1.165, 1.54) is 53.2 Å². The third-order valence-electron chi connectivity index (χ3n) is 20.1. The number of methoxy groups -OCH3 is 8. The minimum absolute atomic E-state index is 0.132. The largest absolute Gasteiger partial charge is 0.481 e. The van der Waals surface area contributed by atoms with Gasteiger partial charge in [-0.25, -0.2) is 37.5 Å². The van der Waals surface area contributed by atoms with Crippen LogP contribution < -0.4 is 18.9 Å². The number of hydrogen-bond donors (Lipinski definition) is 0. The smallest absolute Gasteiger partial charge is 0.213 e. The van der Waals surface area contributed by atoms with Gasteiger partial charge in [0.15, 0.2) is 16.6 Å². The molecule has 110 heavy (non-hydrogen) atoms. The number of alkyl halides is 2. The van der Waals surface area contributed by atoms with E-state index in [-0.39, 0.29) is 56.2 Å². The van der Waals surface area contributed by atoms with Crippen molar-refractivity contribution in [3.8, 4) is 68.0 Å². The molecule has 0 aliphatic carbocycles. The molecule has 0 bridgehead atoms. The van der Waals surface area contributed by atoms with Crippen LogP contribution in [0.4, 0.5) is 17.6 Å². The van der Waals surface area contributed by atoms with Gasteiger partial charge in [-0.2, -0.15) is 0 Å². The number of nitrogens with zero attached hydrogens (tertiary/aromatic N) is 4. The fourth-order valence-electron chi connectivity index (χ4n) is 12.3. The van der Waals surface area contributed by atoms with Crippen molar-refractivity contribution >= 4 is 39.8 Å². The molecule has 0 radical (unpaired) electrons. The van der Waals surface area contributed by atoms with Gasteiger partial charge in [0.25, 0.3) is 0 Å². The molecule has 22 heteroatoms. The van der Waals surface area contributed by atoms with Crippen LogP contribution in [0.2, 0.25) is 36.3 Å². The van der Waals surface area contributed by atoms with Crippen molar-refractivity contribution in [1.29, 1.82) is 0 Å². The standard InChI is InChI=1S/2C25H38FNO3Si.2C19H23ClFNO2/c2*1-24(2,3)23(29-8)20-13-17(16-30-31(9,10)25(4,5)6)11-12-18(20)19-14-22(28-7)27-15-21(19)26;2*1-19(2,3)18(24-5)15-8-12(10-20)6-7-13(15)14-9-17(23-4)22-11-16(14)21/h2*11-15,23H,16H2,1-10H3;2*6-9,11,18H,10H2,1-5H3/t2*23-;2*18-/m1010/s1. The fraction of sp³-hybridized carbons (Fsp3) is 0.500. The first kappa shape index (κ1) is 93.8. The maximum absolute atomic E-state index is 14.8. The molecule has 14 nitrogen and oxygen atoms in total. The molecule has 0 amide bonds. The van der Waals surface area contributed by atoms with Crippen LogP contribution >= 0.6 is 23.2 Å². The predicted octanol–water partition coefficient (Wildman–Crippen LogP) is 25.0. The van der Waals surface area contributed by atoms with Gasteiger partial charge < -0.3 is 46.7 Å². The Morgan fingerprint density at radius 2 is 0.509 bits per heavy atom. The monoisotopic (exact) mass is 1600 g/mol. The van der Waals surface area contributed by atoms with Gasteiger partial charge in [0.2, 0.25) is 23.5 Å². The maximum atomic E-state index is 14.8. The van der Waals surface area contributed by atoms with Gasteiger partial charge in [-0.3, -0.25) is 0 Å². The molecular formula is C88H122Cl2F4N4O10Si2. The number of rotatable bonds is 24. The third-order valence-corrected chi connectivity index (χ3v) is 29.7. The van der Waals surface area contributed by atoms with Crippen molar-refractivity contribution in [3.05, 3.63) is 190 Å². The second-order valence-corrected chi connectivity index (χ2v) is 45.0. The van der Waals surface area contributed by atoms with E-state index in [0.29, 0.717) is 70.7 Å². The molecule has 604 valence electrons. The molecule has 0 aliphatic rings.